The second kappa shape index (κ2) is 9.21. The number of hydrogen-bond acceptors (Lipinski definition) is 8. The van der Waals surface area contributed by atoms with E-state index in [2.05, 4.69) is 30.3 Å². The van der Waals surface area contributed by atoms with Gasteiger partial charge in [0.2, 0.25) is 5.01 Å². The number of furan rings is 1. The third-order valence-corrected chi connectivity index (χ3v) is 7.02. The number of hydrogen-bond donors (Lipinski definition) is 1. The third-order valence-electron chi connectivity index (χ3n) is 4.93. The zero-order chi connectivity index (χ0) is 21.9. The van der Waals surface area contributed by atoms with E-state index in [1.165, 1.54) is 35.2 Å². The standard InChI is InChI=1S/C21H19FN6O2S2/c22-15-7-3-13(4-8-15)10-23-19(29)20-26-24-17(32-20)12-31-21-27-25-18(14-5-6-14)28(21)11-16-2-1-9-30-16/h1-4,7-9,14H,5-6,10-12H2,(H,23,29). The van der Waals surface area contributed by atoms with Crippen molar-refractivity contribution in [3.63, 3.8) is 0 Å². The smallest absolute Gasteiger partial charge is 0.282 e. The van der Waals surface area contributed by atoms with Gasteiger partial charge in [-0.05, 0) is 42.7 Å². The van der Waals surface area contributed by atoms with Gasteiger partial charge in [-0.2, -0.15) is 0 Å². The number of nitrogens with zero attached hydrogens (tertiary/aromatic N) is 5. The van der Waals surface area contributed by atoms with Crippen LogP contribution in [0.2, 0.25) is 0 Å². The van der Waals surface area contributed by atoms with Crippen LogP contribution < -0.4 is 5.32 Å². The van der Waals surface area contributed by atoms with Crippen LogP contribution in [0.5, 0.6) is 0 Å². The van der Waals surface area contributed by atoms with Gasteiger partial charge in [0.05, 0.1) is 18.6 Å². The molecule has 1 aliphatic carbocycles. The van der Waals surface area contributed by atoms with Gasteiger partial charge in [0.1, 0.15) is 22.4 Å². The van der Waals surface area contributed by atoms with E-state index in [0.717, 1.165) is 40.2 Å². The minimum atomic E-state index is -0.310. The molecule has 1 aliphatic rings. The van der Waals surface area contributed by atoms with Gasteiger partial charge in [-0.1, -0.05) is 35.2 Å². The van der Waals surface area contributed by atoms with E-state index < -0.39 is 0 Å². The van der Waals surface area contributed by atoms with E-state index in [4.69, 9.17) is 4.42 Å². The Hall–Kier alpha value is -3.05. The second-order valence-corrected chi connectivity index (χ2v) is 9.38. The molecule has 4 aromatic rings. The molecule has 0 aliphatic heterocycles. The first-order valence-electron chi connectivity index (χ1n) is 10.1. The number of nitrogens with one attached hydrogen (secondary N) is 1. The van der Waals surface area contributed by atoms with Crippen LogP contribution in [0.1, 0.15) is 50.7 Å². The molecule has 32 heavy (non-hydrogen) atoms. The largest absolute Gasteiger partial charge is 0.467 e. The first kappa shape index (κ1) is 20.8. The summed E-state index contributed by atoms with van der Waals surface area (Å²) in [7, 11) is 0. The van der Waals surface area contributed by atoms with Gasteiger partial charge in [0, 0.05) is 12.5 Å². The van der Waals surface area contributed by atoms with Crippen LogP contribution in [0.3, 0.4) is 0 Å². The topological polar surface area (TPSA) is 98.7 Å². The molecule has 0 spiro atoms. The van der Waals surface area contributed by atoms with Gasteiger partial charge in [0.25, 0.3) is 5.91 Å². The number of amides is 1. The summed E-state index contributed by atoms with van der Waals surface area (Å²) in [5.74, 6) is 2.22. The zero-order valence-electron chi connectivity index (χ0n) is 16.9. The number of benzene rings is 1. The molecular weight excluding hydrogens is 451 g/mol. The van der Waals surface area contributed by atoms with Crippen molar-refractivity contribution in [2.45, 2.75) is 42.8 Å². The van der Waals surface area contributed by atoms with Gasteiger partial charge in [0.15, 0.2) is 5.16 Å². The molecule has 164 valence electrons. The fraction of sp³-hybridized carbons (Fsp3) is 0.286. The lowest BCUT2D eigenvalue weighted by Gasteiger charge is -2.07. The van der Waals surface area contributed by atoms with Crippen molar-refractivity contribution in [2.75, 3.05) is 0 Å². The lowest BCUT2D eigenvalue weighted by molar-refractivity contribution is 0.0950. The third kappa shape index (κ3) is 4.89. The lowest BCUT2D eigenvalue weighted by atomic mass is 10.2. The lowest BCUT2D eigenvalue weighted by Crippen LogP contribution is -2.22. The maximum atomic E-state index is 13.0. The minimum absolute atomic E-state index is 0.290. The summed E-state index contributed by atoms with van der Waals surface area (Å²) < 4.78 is 20.6. The Bertz CT molecular complexity index is 1200. The Morgan fingerprint density at radius 1 is 1.19 bits per heavy atom. The summed E-state index contributed by atoms with van der Waals surface area (Å²) in [6.45, 7) is 0.879. The molecule has 1 fully saturated rings. The molecule has 3 aromatic heterocycles. The second-order valence-electron chi connectivity index (χ2n) is 7.38. The van der Waals surface area contributed by atoms with Crippen LogP contribution in [0.25, 0.3) is 0 Å². The molecule has 11 heteroatoms. The van der Waals surface area contributed by atoms with Crippen LogP contribution in [0.15, 0.2) is 52.2 Å². The summed E-state index contributed by atoms with van der Waals surface area (Å²) >= 11 is 2.76. The van der Waals surface area contributed by atoms with Crippen LogP contribution in [-0.2, 0) is 18.8 Å². The van der Waals surface area contributed by atoms with E-state index in [-0.39, 0.29) is 11.7 Å². The van der Waals surface area contributed by atoms with E-state index in [1.807, 2.05) is 12.1 Å². The molecule has 1 saturated carbocycles. The van der Waals surface area contributed by atoms with Gasteiger partial charge in [-0.25, -0.2) is 4.39 Å². The SMILES string of the molecule is O=C(NCc1ccc(F)cc1)c1nnc(CSc2nnc(C3CC3)n2Cc2ccco2)s1. The summed E-state index contributed by atoms with van der Waals surface area (Å²) in [6, 6.07) is 9.79. The molecule has 3 heterocycles. The van der Waals surface area contributed by atoms with Crippen molar-refractivity contribution in [1.82, 2.24) is 30.3 Å². The quantitative estimate of drug-likeness (QED) is 0.369. The predicted molar refractivity (Wildman–Crippen MR) is 117 cm³/mol. The van der Waals surface area contributed by atoms with Gasteiger partial charge >= 0.3 is 0 Å². The summed E-state index contributed by atoms with van der Waals surface area (Å²) in [5, 5.41) is 21.5. The van der Waals surface area contributed by atoms with Crippen molar-refractivity contribution in [3.8, 4) is 0 Å². The number of carbonyl (C=O) groups is 1. The predicted octanol–water partition coefficient (Wildman–Crippen LogP) is 4.01. The van der Waals surface area contributed by atoms with E-state index >= 15 is 0 Å². The van der Waals surface area contributed by atoms with Crippen LogP contribution in [-0.4, -0.2) is 30.9 Å². The normalized spacial score (nSPS) is 13.4. The maximum absolute atomic E-state index is 13.0. The molecule has 0 unspecified atom stereocenters. The van der Waals surface area contributed by atoms with Crippen molar-refractivity contribution >= 4 is 29.0 Å². The molecule has 1 aromatic carbocycles. The van der Waals surface area contributed by atoms with Crippen LogP contribution in [0, 0.1) is 5.82 Å². The van der Waals surface area contributed by atoms with Gasteiger partial charge < -0.3 is 9.73 Å². The monoisotopic (exact) mass is 470 g/mol. The number of rotatable bonds is 9. The number of halogens is 1. The van der Waals surface area contributed by atoms with Crippen LogP contribution >= 0.6 is 23.1 Å². The Morgan fingerprint density at radius 2 is 2.03 bits per heavy atom. The zero-order valence-corrected chi connectivity index (χ0v) is 18.5. The molecular formula is C21H19FN6O2S2. The van der Waals surface area contributed by atoms with Crippen LogP contribution in [0.4, 0.5) is 4.39 Å². The van der Waals surface area contributed by atoms with Crippen molar-refractivity contribution in [3.05, 3.63) is 75.6 Å². The highest BCUT2D eigenvalue weighted by Gasteiger charge is 2.30. The van der Waals surface area contributed by atoms with E-state index in [0.29, 0.717) is 29.8 Å². The van der Waals surface area contributed by atoms with Crippen molar-refractivity contribution in [2.24, 2.45) is 0 Å². The van der Waals surface area contributed by atoms with Crippen molar-refractivity contribution in [1.29, 1.82) is 0 Å². The molecule has 0 bridgehead atoms. The number of aromatic nitrogens is 5. The molecule has 1 N–H and O–H groups in total. The fourth-order valence-electron chi connectivity index (χ4n) is 3.15. The average molecular weight is 471 g/mol. The molecule has 5 rings (SSSR count). The van der Waals surface area contributed by atoms with E-state index in [1.54, 1.807) is 18.4 Å². The Morgan fingerprint density at radius 3 is 2.78 bits per heavy atom. The Kier molecular flexibility index (Phi) is 5.99. The number of thioether (sulfide) groups is 1. The minimum Gasteiger partial charge on any atom is -0.467 e. The highest BCUT2D eigenvalue weighted by atomic mass is 32.2. The first-order valence-corrected chi connectivity index (χ1v) is 11.9. The maximum Gasteiger partial charge on any atom is 0.282 e. The van der Waals surface area contributed by atoms with Gasteiger partial charge in [-0.15, -0.1) is 20.4 Å². The number of carbonyl (C=O) groups excluding carboxylic acids is 1. The molecule has 1 amide bonds. The van der Waals surface area contributed by atoms with E-state index in [9.17, 15) is 9.18 Å². The fourth-order valence-corrected chi connectivity index (χ4v) is 4.83. The summed E-state index contributed by atoms with van der Waals surface area (Å²) in [6.07, 6.45) is 3.93. The molecule has 0 radical (unpaired) electrons. The Balaban J connectivity index is 1.21. The molecule has 0 atom stereocenters. The highest BCUT2D eigenvalue weighted by molar-refractivity contribution is 7.98. The summed E-state index contributed by atoms with van der Waals surface area (Å²) in [4.78, 5) is 12.4. The first-order chi connectivity index (χ1) is 15.7. The van der Waals surface area contributed by atoms with Gasteiger partial charge in [-0.3, -0.25) is 9.36 Å². The Labute approximate surface area is 191 Å². The summed E-state index contributed by atoms with van der Waals surface area (Å²) in [5.41, 5.74) is 0.808. The molecule has 8 nitrogen and oxygen atoms in total. The van der Waals surface area contributed by atoms with Crippen molar-refractivity contribution < 1.29 is 13.6 Å². The average Bonchev–Trinajstić information content (AvgIpc) is 3.18. The highest BCUT2D eigenvalue weighted by Crippen LogP contribution is 2.40. The molecule has 0 saturated heterocycles.